The second-order valence-electron chi connectivity index (χ2n) is 6.70. The third-order valence-corrected chi connectivity index (χ3v) is 7.65. The van der Waals surface area contributed by atoms with Gasteiger partial charge in [-0.1, -0.05) is 5.16 Å². The minimum atomic E-state index is -1.43. The van der Waals surface area contributed by atoms with Crippen molar-refractivity contribution in [1.82, 2.24) is 30.6 Å². The van der Waals surface area contributed by atoms with Crippen LogP contribution in [-0.2, 0) is 19.2 Å². The number of H-pyrrole nitrogens is 1. The van der Waals surface area contributed by atoms with Crippen LogP contribution in [0.25, 0.3) is 0 Å². The molecule has 0 radical (unpaired) electrons. The Morgan fingerprint density at radius 2 is 2.29 bits per heavy atom. The summed E-state index contributed by atoms with van der Waals surface area (Å²) in [6.07, 6.45) is 1.99. The van der Waals surface area contributed by atoms with Gasteiger partial charge < -0.3 is 25.8 Å². The summed E-state index contributed by atoms with van der Waals surface area (Å²) < 4.78 is 0. The predicted octanol–water partition coefficient (Wildman–Crippen LogP) is -4.22. The van der Waals surface area contributed by atoms with Crippen LogP contribution in [0.4, 0.5) is 5.13 Å². The van der Waals surface area contributed by atoms with Crippen LogP contribution >= 0.6 is 34.9 Å². The molecule has 2 aromatic rings. The van der Waals surface area contributed by atoms with E-state index >= 15 is 0 Å². The van der Waals surface area contributed by atoms with Gasteiger partial charge in [-0.25, -0.2) is 4.98 Å². The van der Waals surface area contributed by atoms with Crippen molar-refractivity contribution in [3.63, 3.8) is 0 Å². The van der Waals surface area contributed by atoms with Crippen molar-refractivity contribution in [2.45, 2.75) is 22.9 Å². The number of aliphatic carboxylic acids is 1. The standard InChI is InChI=1S/C17H18N8O5S3.Na/c1-30-23-10(8-6-33-17(18)20-8)13(26)21-11-14(27)25-12(16(28)29)7(5-32-15(11)25)2-3-31-9-4-19-24-22-9;/h4,6,11,15H,2-3,5H2,1H3,(H2,18,20)(H,21,26)(H,28,29)(H,19,22,24);/q;+1/p-1/b23-10-;/t11-,15-;/m1./s1. The van der Waals surface area contributed by atoms with Crippen LogP contribution in [-0.4, -0.2) is 78.8 Å². The Morgan fingerprint density at radius 1 is 1.50 bits per heavy atom. The van der Waals surface area contributed by atoms with Crippen LogP contribution in [0.3, 0.4) is 0 Å². The fourth-order valence-electron chi connectivity index (χ4n) is 3.30. The molecule has 2 aromatic heterocycles. The first kappa shape index (κ1) is 26.5. The van der Waals surface area contributed by atoms with E-state index < -0.39 is 29.2 Å². The van der Waals surface area contributed by atoms with Crippen molar-refractivity contribution >= 4 is 63.5 Å². The molecule has 0 bridgehead atoms. The second kappa shape index (κ2) is 11.5. The molecule has 1 fully saturated rings. The zero-order valence-corrected chi connectivity index (χ0v) is 22.5. The first-order valence-electron chi connectivity index (χ1n) is 9.40. The topological polar surface area (TPSA) is 192 Å². The van der Waals surface area contributed by atoms with Crippen molar-refractivity contribution in [1.29, 1.82) is 0 Å². The Hall–Kier alpha value is -2.11. The summed E-state index contributed by atoms with van der Waals surface area (Å²) in [4.78, 5) is 47.3. The number of nitrogens with two attached hydrogens (primary N) is 1. The molecule has 1 saturated heterocycles. The first-order chi connectivity index (χ1) is 15.9. The second-order valence-corrected chi connectivity index (χ2v) is 9.81. The molecule has 0 unspecified atom stereocenters. The molecule has 0 aromatic carbocycles. The minimum Gasteiger partial charge on any atom is -0.543 e. The van der Waals surface area contributed by atoms with Gasteiger partial charge in [0.2, 0.25) is 0 Å². The summed E-state index contributed by atoms with van der Waals surface area (Å²) in [5.74, 6) is -1.73. The summed E-state index contributed by atoms with van der Waals surface area (Å²) in [7, 11) is 1.27. The Morgan fingerprint density at radius 3 is 2.91 bits per heavy atom. The number of thiazole rings is 1. The first-order valence-corrected chi connectivity index (χ1v) is 12.3. The number of aromatic nitrogens is 4. The number of anilines is 1. The molecule has 4 N–H and O–H groups in total. The summed E-state index contributed by atoms with van der Waals surface area (Å²) in [5.41, 5.74) is 6.13. The van der Waals surface area contributed by atoms with E-state index in [1.807, 2.05) is 0 Å². The molecule has 174 valence electrons. The van der Waals surface area contributed by atoms with Gasteiger partial charge in [0.15, 0.2) is 10.8 Å². The molecule has 17 heteroatoms. The van der Waals surface area contributed by atoms with E-state index in [0.717, 1.165) is 11.3 Å². The van der Waals surface area contributed by atoms with E-state index in [2.05, 4.69) is 30.9 Å². The van der Waals surface area contributed by atoms with Crippen molar-refractivity contribution < 1.29 is 53.9 Å². The number of β-lactam (4-membered cyclic amide) rings is 1. The normalized spacial score (nSPS) is 19.7. The van der Waals surface area contributed by atoms with Crippen molar-refractivity contribution in [2.24, 2.45) is 5.16 Å². The number of nitrogens with one attached hydrogen (secondary N) is 2. The number of thioether (sulfide) groups is 2. The van der Waals surface area contributed by atoms with Crippen LogP contribution in [0.2, 0.25) is 0 Å². The van der Waals surface area contributed by atoms with E-state index in [4.69, 9.17) is 10.6 Å². The van der Waals surface area contributed by atoms with Crippen molar-refractivity contribution in [3.8, 4) is 0 Å². The van der Waals surface area contributed by atoms with Crippen LogP contribution in [0.1, 0.15) is 12.1 Å². The van der Waals surface area contributed by atoms with E-state index in [1.54, 1.807) is 6.20 Å². The largest absolute Gasteiger partial charge is 1.00 e. The van der Waals surface area contributed by atoms with Crippen LogP contribution in [0.15, 0.2) is 33.0 Å². The maximum Gasteiger partial charge on any atom is 1.00 e. The van der Waals surface area contributed by atoms with E-state index in [0.29, 0.717) is 28.5 Å². The Balaban J connectivity index is 0.00000324. The summed E-state index contributed by atoms with van der Waals surface area (Å²) in [6, 6.07) is -0.930. The molecule has 2 atom stereocenters. The molecule has 4 heterocycles. The predicted molar refractivity (Wildman–Crippen MR) is 119 cm³/mol. The molecule has 13 nitrogen and oxygen atoms in total. The number of amides is 2. The van der Waals surface area contributed by atoms with Crippen molar-refractivity contribution in [2.75, 3.05) is 24.3 Å². The maximum atomic E-state index is 12.8. The number of carboxylic acid groups (broad SMARTS) is 1. The van der Waals surface area contributed by atoms with Gasteiger partial charge in [0.25, 0.3) is 11.8 Å². The van der Waals surface area contributed by atoms with Crippen molar-refractivity contribution in [3.05, 3.63) is 28.5 Å². The van der Waals surface area contributed by atoms with Gasteiger partial charge >= 0.3 is 29.6 Å². The Labute approximate surface area is 227 Å². The zero-order chi connectivity index (χ0) is 23.5. The molecule has 0 saturated carbocycles. The van der Waals surface area contributed by atoms with Gasteiger partial charge in [-0.3, -0.25) is 14.5 Å². The third-order valence-electron chi connectivity index (χ3n) is 4.74. The number of nitrogen functional groups attached to an aromatic ring is 1. The molecule has 2 aliphatic rings. The van der Waals surface area contributed by atoms with Gasteiger partial charge in [-0.15, -0.1) is 40.0 Å². The van der Waals surface area contributed by atoms with Crippen LogP contribution in [0.5, 0.6) is 0 Å². The van der Waals surface area contributed by atoms with Gasteiger partial charge in [0.1, 0.15) is 29.2 Å². The zero-order valence-electron chi connectivity index (χ0n) is 18.0. The average molecular weight is 533 g/mol. The smallest absolute Gasteiger partial charge is 0.543 e. The fourth-order valence-corrected chi connectivity index (χ4v) is 6.03. The summed E-state index contributed by atoms with van der Waals surface area (Å²) in [5, 5.41) is 30.2. The van der Waals surface area contributed by atoms with E-state index in [-0.39, 0.29) is 51.8 Å². The molecule has 0 aliphatic carbocycles. The molecular weight excluding hydrogens is 515 g/mol. The number of oxime groups is 1. The molecule has 2 aliphatic heterocycles. The molecule has 0 spiro atoms. The summed E-state index contributed by atoms with van der Waals surface area (Å²) >= 11 is 3.90. The van der Waals surface area contributed by atoms with Gasteiger partial charge in [-0.2, -0.15) is 10.3 Å². The number of hydrogen-bond acceptors (Lipinski definition) is 13. The number of fused-ring (bicyclic) bond motifs is 1. The number of aromatic amines is 1. The van der Waals surface area contributed by atoms with E-state index in [1.165, 1.54) is 40.9 Å². The number of carbonyl (C=O) groups is 3. The molecule has 34 heavy (non-hydrogen) atoms. The fraction of sp³-hybridized carbons (Fsp3) is 0.353. The van der Waals surface area contributed by atoms with Crippen LogP contribution < -0.4 is 45.7 Å². The summed E-state index contributed by atoms with van der Waals surface area (Å²) in [6.45, 7) is 0. The van der Waals surface area contributed by atoms with Crippen LogP contribution in [0, 0.1) is 0 Å². The van der Waals surface area contributed by atoms with Gasteiger partial charge in [0.05, 0.1) is 17.9 Å². The van der Waals surface area contributed by atoms with Gasteiger partial charge in [0, 0.05) is 16.9 Å². The number of rotatable bonds is 9. The SMILES string of the molecule is CO/N=C(\C(=O)N[C@@H]1C(=O)N2C(C(=O)[O-])=C(CCSc3cn[nH]n3)CS[C@H]12)c1csc(N)n1.[Na+]. The monoisotopic (exact) mass is 532 g/mol. The third kappa shape index (κ3) is 5.41. The molecule has 4 rings (SSSR count). The number of carboxylic acids is 1. The van der Waals surface area contributed by atoms with Gasteiger partial charge in [-0.05, 0) is 12.0 Å². The average Bonchev–Trinajstić information content (AvgIpc) is 3.46. The van der Waals surface area contributed by atoms with E-state index in [9.17, 15) is 19.5 Å². The maximum absolute atomic E-state index is 12.8. The number of hydrogen-bond donors (Lipinski definition) is 3. The molecular formula is C17H17N8NaO5S3. The number of carbonyl (C=O) groups excluding carboxylic acids is 3. The Bertz CT molecular complexity index is 1140. The minimum absolute atomic E-state index is 0. The number of nitrogens with zero attached hydrogens (tertiary/aromatic N) is 5. The molecule has 2 amide bonds. The Kier molecular flexibility index (Phi) is 9.00. The quantitative estimate of drug-likeness (QED) is 0.0932.